The van der Waals surface area contributed by atoms with Gasteiger partial charge in [0.1, 0.15) is 0 Å². The Labute approximate surface area is 170 Å². The second-order valence-electron chi connectivity index (χ2n) is 6.61. The minimum atomic E-state index is -0.260. The van der Waals surface area contributed by atoms with Gasteiger partial charge in [-0.25, -0.2) is 0 Å². The van der Waals surface area contributed by atoms with Crippen LogP contribution in [0.2, 0.25) is 5.02 Å². The largest absolute Gasteiger partial charge is 0.493 e. The summed E-state index contributed by atoms with van der Waals surface area (Å²) >= 11 is 6.10. The number of nitrogens with two attached hydrogens (primary N) is 1. The van der Waals surface area contributed by atoms with Gasteiger partial charge in [0.05, 0.1) is 33.4 Å². The fourth-order valence-corrected chi connectivity index (χ4v) is 3.88. The van der Waals surface area contributed by atoms with Crippen LogP contribution in [0.5, 0.6) is 11.5 Å². The zero-order chi connectivity index (χ0) is 20.3. The first kappa shape index (κ1) is 20.3. The van der Waals surface area contributed by atoms with Gasteiger partial charge in [0.2, 0.25) is 0 Å². The van der Waals surface area contributed by atoms with E-state index in [2.05, 4.69) is 4.90 Å². The third-order valence-corrected chi connectivity index (χ3v) is 5.19. The molecule has 3 rings (SSSR count). The van der Waals surface area contributed by atoms with Gasteiger partial charge in [0.15, 0.2) is 11.5 Å². The zero-order valence-electron chi connectivity index (χ0n) is 16.3. The van der Waals surface area contributed by atoms with Crippen molar-refractivity contribution in [3.63, 3.8) is 0 Å². The van der Waals surface area contributed by atoms with E-state index >= 15 is 0 Å². The van der Waals surface area contributed by atoms with Gasteiger partial charge in [0.25, 0.3) is 0 Å². The number of nitrogen functional groups attached to an aromatic ring is 1. The van der Waals surface area contributed by atoms with Gasteiger partial charge < -0.3 is 19.9 Å². The SMILES string of the molecule is CCOC(=O)CN1CCc2cc(OC)c(OC)cc2[C@H]1c1ccc(Cl)cc1N. The molecule has 1 atom stereocenters. The van der Waals surface area contributed by atoms with E-state index in [4.69, 9.17) is 31.5 Å². The van der Waals surface area contributed by atoms with Crippen molar-refractivity contribution in [3.05, 3.63) is 52.0 Å². The Hall–Kier alpha value is -2.44. The van der Waals surface area contributed by atoms with Gasteiger partial charge in [-0.1, -0.05) is 17.7 Å². The molecule has 0 amide bonds. The predicted molar refractivity (Wildman–Crippen MR) is 109 cm³/mol. The molecule has 6 nitrogen and oxygen atoms in total. The number of hydrogen-bond donors (Lipinski definition) is 1. The predicted octanol–water partition coefficient (Wildman–Crippen LogP) is 3.45. The highest BCUT2D eigenvalue weighted by molar-refractivity contribution is 6.30. The van der Waals surface area contributed by atoms with E-state index in [9.17, 15) is 4.79 Å². The number of methoxy groups -OCH3 is 2. The van der Waals surface area contributed by atoms with Crippen molar-refractivity contribution < 1.29 is 19.0 Å². The smallest absolute Gasteiger partial charge is 0.320 e. The number of esters is 1. The number of fused-ring (bicyclic) bond motifs is 1. The molecule has 0 aromatic heterocycles. The van der Waals surface area contributed by atoms with Crippen LogP contribution in [0.25, 0.3) is 0 Å². The van der Waals surface area contributed by atoms with E-state index in [-0.39, 0.29) is 18.6 Å². The molecule has 2 N–H and O–H groups in total. The van der Waals surface area contributed by atoms with E-state index in [1.54, 1.807) is 27.2 Å². The van der Waals surface area contributed by atoms with Crippen molar-refractivity contribution >= 4 is 23.3 Å². The van der Waals surface area contributed by atoms with Gasteiger partial charge >= 0.3 is 5.97 Å². The van der Waals surface area contributed by atoms with Crippen molar-refractivity contribution in [2.45, 2.75) is 19.4 Å². The molecule has 0 aliphatic carbocycles. The summed E-state index contributed by atoms with van der Waals surface area (Å²) in [5, 5.41) is 0.571. The van der Waals surface area contributed by atoms with Gasteiger partial charge in [-0.15, -0.1) is 0 Å². The van der Waals surface area contributed by atoms with Crippen LogP contribution in [0, 0.1) is 0 Å². The lowest BCUT2D eigenvalue weighted by atomic mass is 9.87. The van der Waals surface area contributed by atoms with Gasteiger partial charge in [-0.2, -0.15) is 0 Å². The normalized spacial score (nSPS) is 16.4. The topological polar surface area (TPSA) is 74.0 Å². The third kappa shape index (κ3) is 4.03. The van der Waals surface area contributed by atoms with Crippen molar-refractivity contribution in [2.75, 3.05) is 39.6 Å². The summed E-state index contributed by atoms with van der Waals surface area (Å²) in [5.41, 5.74) is 9.94. The molecule has 0 saturated heterocycles. The third-order valence-electron chi connectivity index (χ3n) is 4.95. The molecular weight excluding hydrogens is 380 g/mol. The van der Waals surface area contributed by atoms with Gasteiger partial charge in [-0.3, -0.25) is 9.69 Å². The van der Waals surface area contributed by atoms with E-state index in [0.717, 1.165) is 23.1 Å². The molecule has 1 aliphatic rings. The Balaban J connectivity index is 2.11. The fourth-order valence-electron chi connectivity index (χ4n) is 3.70. The molecule has 1 aliphatic heterocycles. The fraction of sp³-hybridized carbons (Fsp3) is 0.381. The van der Waals surface area contributed by atoms with Crippen molar-refractivity contribution in [1.29, 1.82) is 0 Å². The summed E-state index contributed by atoms with van der Waals surface area (Å²) in [6, 6.07) is 9.19. The van der Waals surface area contributed by atoms with Crippen LogP contribution < -0.4 is 15.2 Å². The van der Waals surface area contributed by atoms with E-state index in [1.807, 2.05) is 24.3 Å². The summed E-state index contributed by atoms with van der Waals surface area (Å²) in [6.45, 7) is 3.01. The highest BCUT2D eigenvalue weighted by Crippen LogP contribution is 2.42. The maximum Gasteiger partial charge on any atom is 0.320 e. The molecule has 0 bridgehead atoms. The van der Waals surface area contributed by atoms with Crippen molar-refractivity contribution in [3.8, 4) is 11.5 Å². The Morgan fingerprint density at radius 1 is 1.18 bits per heavy atom. The number of halogens is 1. The summed E-state index contributed by atoms with van der Waals surface area (Å²) in [6.07, 6.45) is 0.777. The Bertz CT molecular complexity index is 872. The van der Waals surface area contributed by atoms with Crippen molar-refractivity contribution in [1.82, 2.24) is 4.90 Å². The molecule has 0 spiro atoms. The first-order chi connectivity index (χ1) is 13.5. The highest BCUT2D eigenvalue weighted by atomic mass is 35.5. The molecule has 2 aromatic carbocycles. The number of ether oxygens (including phenoxy) is 3. The van der Waals surface area contributed by atoms with E-state index in [0.29, 0.717) is 35.4 Å². The lowest BCUT2D eigenvalue weighted by Gasteiger charge is -2.38. The average molecular weight is 405 g/mol. The summed E-state index contributed by atoms with van der Waals surface area (Å²) in [7, 11) is 3.23. The number of anilines is 1. The van der Waals surface area contributed by atoms with Gasteiger partial charge in [-0.05, 0) is 54.3 Å². The molecule has 2 aromatic rings. The van der Waals surface area contributed by atoms with E-state index in [1.165, 1.54) is 0 Å². The Kier molecular flexibility index (Phi) is 6.31. The molecule has 1 heterocycles. The van der Waals surface area contributed by atoms with Crippen LogP contribution in [0.15, 0.2) is 30.3 Å². The van der Waals surface area contributed by atoms with Crippen molar-refractivity contribution in [2.24, 2.45) is 0 Å². The second-order valence-corrected chi connectivity index (χ2v) is 7.04. The minimum Gasteiger partial charge on any atom is -0.493 e. The number of nitrogens with zero attached hydrogens (tertiary/aromatic N) is 1. The number of rotatable bonds is 6. The number of carbonyl (C=O) groups is 1. The highest BCUT2D eigenvalue weighted by Gasteiger charge is 2.33. The maximum absolute atomic E-state index is 12.2. The van der Waals surface area contributed by atoms with Crippen LogP contribution in [0.4, 0.5) is 5.69 Å². The number of benzene rings is 2. The standard InChI is InChI=1S/C21H25ClN2O4/c1-4-28-20(25)12-24-8-7-13-9-18(26-2)19(27-3)11-16(13)21(24)15-6-5-14(22)10-17(15)23/h5-6,9-11,21H,4,7-8,12,23H2,1-3H3/t21-/m1/s1. The van der Waals surface area contributed by atoms with Crippen LogP contribution in [0.3, 0.4) is 0 Å². The number of hydrogen-bond acceptors (Lipinski definition) is 6. The first-order valence-corrected chi connectivity index (χ1v) is 9.55. The molecule has 0 fully saturated rings. The lowest BCUT2D eigenvalue weighted by molar-refractivity contribution is -0.145. The molecule has 28 heavy (non-hydrogen) atoms. The van der Waals surface area contributed by atoms with Crippen LogP contribution in [-0.4, -0.2) is 44.8 Å². The Morgan fingerprint density at radius 3 is 2.54 bits per heavy atom. The molecule has 0 unspecified atom stereocenters. The van der Waals surface area contributed by atoms with Gasteiger partial charge in [0, 0.05) is 17.3 Å². The van der Waals surface area contributed by atoms with Crippen LogP contribution >= 0.6 is 11.6 Å². The quantitative estimate of drug-likeness (QED) is 0.587. The van der Waals surface area contributed by atoms with E-state index < -0.39 is 0 Å². The second kappa shape index (κ2) is 8.71. The first-order valence-electron chi connectivity index (χ1n) is 9.17. The summed E-state index contributed by atoms with van der Waals surface area (Å²) < 4.78 is 16.1. The number of carbonyl (C=O) groups excluding carboxylic acids is 1. The molecule has 150 valence electrons. The molecule has 0 radical (unpaired) electrons. The molecule has 7 heteroatoms. The lowest BCUT2D eigenvalue weighted by Crippen LogP contribution is -2.40. The van der Waals surface area contributed by atoms with Crippen LogP contribution in [-0.2, 0) is 16.0 Å². The monoisotopic (exact) mass is 404 g/mol. The molecule has 0 saturated carbocycles. The molecular formula is C21H25ClN2O4. The van der Waals surface area contributed by atoms with Crippen LogP contribution in [0.1, 0.15) is 29.7 Å². The maximum atomic E-state index is 12.2. The summed E-state index contributed by atoms with van der Waals surface area (Å²) in [5.74, 6) is 1.06. The summed E-state index contributed by atoms with van der Waals surface area (Å²) in [4.78, 5) is 14.3. The average Bonchev–Trinajstić information content (AvgIpc) is 2.67. The minimum absolute atomic E-state index is 0.175. The Morgan fingerprint density at radius 2 is 1.89 bits per heavy atom. The zero-order valence-corrected chi connectivity index (χ0v) is 17.1.